The normalized spacial score (nSPS) is 34.4. The van der Waals surface area contributed by atoms with Gasteiger partial charge in [0.25, 0.3) is 0 Å². The summed E-state index contributed by atoms with van der Waals surface area (Å²) in [6, 6.07) is 0. The van der Waals surface area contributed by atoms with Crippen LogP contribution in [0.25, 0.3) is 0 Å². The first-order chi connectivity index (χ1) is 14.7. The monoisotopic (exact) mass is 414 g/mol. The molecule has 2 amide bonds. The molecule has 4 bridgehead atoms. The first kappa shape index (κ1) is 21.5. The summed E-state index contributed by atoms with van der Waals surface area (Å²) in [5.41, 5.74) is 5.37. The van der Waals surface area contributed by atoms with E-state index < -0.39 is 0 Å². The second kappa shape index (κ2) is 10.5. The topological polar surface area (TPSA) is 82.9 Å². The highest BCUT2D eigenvalue weighted by atomic mass is 16.2. The lowest BCUT2D eigenvalue weighted by Crippen LogP contribution is -2.20. The van der Waals surface area contributed by atoms with Gasteiger partial charge in [0.15, 0.2) is 0 Å². The van der Waals surface area contributed by atoms with Gasteiger partial charge in [0, 0.05) is 25.3 Å². The zero-order valence-electron chi connectivity index (χ0n) is 18.2. The number of nitrogens with zero attached hydrogens (tertiary/aromatic N) is 2. The van der Waals surface area contributed by atoms with Crippen LogP contribution < -0.4 is 10.9 Å². The van der Waals surface area contributed by atoms with Crippen molar-refractivity contribution in [3.05, 3.63) is 0 Å². The van der Waals surface area contributed by atoms with E-state index in [4.69, 9.17) is 0 Å². The number of hydrogen-bond donors (Lipinski definition) is 2. The Morgan fingerprint density at radius 1 is 0.667 bits per heavy atom. The molecule has 0 saturated heterocycles. The van der Waals surface area contributed by atoms with E-state index >= 15 is 0 Å². The van der Waals surface area contributed by atoms with Gasteiger partial charge in [0.2, 0.25) is 11.8 Å². The number of fused-ring (bicyclic) bond motifs is 4. The van der Waals surface area contributed by atoms with Crippen molar-refractivity contribution in [3.8, 4) is 0 Å². The number of carbonyl (C=O) groups is 2. The maximum Gasteiger partial charge on any atom is 0.240 e. The molecule has 4 saturated carbocycles. The quantitative estimate of drug-likeness (QED) is 0.298. The summed E-state index contributed by atoms with van der Waals surface area (Å²) in [5.74, 6) is 4.56. The van der Waals surface area contributed by atoms with Gasteiger partial charge >= 0.3 is 0 Å². The van der Waals surface area contributed by atoms with Crippen LogP contribution in [-0.4, -0.2) is 24.2 Å². The number of amides is 2. The Kier molecular flexibility index (Phi) is 7.56. The molecule has 6 nitrogen and oxygen atoms in total. The van der Waals surface area contributed by atoms with Gasteiger partial charge in [-0.2, -0.15) is 10.2 Å². The Labute approximate surface area is 180 Å². The minimum Gasteiger partial charge on any atom is -0.273 e. The van der Waals surface area contributed by atoms with Crippen LogP contribution in [0, 0.1) is 35.5 Å². The summed E-state index contributed by atoms with van der Waals surface area (Å²) in [4.78, 5) is 23.8. The fraction of sp³-hybridized carbons (Fsp3) is 0.833. The van der Waals surface area contributed by atoms with E-state index in [1.165, 1.54) is 51.4 Å². The van der Waals surface area contributed by atoms with Gasteiger partial charge in [0.1, 0.15) is 0 Å². The molecular formula is C24H38N4O2. The third-order valence-corrected chi connectivity index (χ3v) is 8.05. The molecule has 0 radical (unpaired) electrons. The van der Waals surface area contributed by atoms with Gasteiger partial charge in [-0.3, -0.25) is 9.59 Å². The van der Waals surface area contributed by atoms with Crippen molar-refractivity contribution in [1.82, 2.24) is 10.9 Å². The second-order valence-electron chi connectivity index (χ2n) is 10.2. The maximum absolute atomic E-state index is 11.9. The lowest BCUT2D eigenvalue weighted by atomic mass is 9.90. The lowest BCUT2D eigenvalue weighted by Gasteiger charge is -2.16. The predicted octanol–water partition coefficient (Wildman–Crippen LogP) is 4.40. The second-order valence-corrected chi connectivity index (χ2v) is 10.2. The average molecular weight is 415 g/mol. The SMILES string of the molecule is O=C(CCCCCCC(=O)N/N=C\C1CC2CCC1C2)N/N=C\C1CC2CCC1C2. The molecule has 0 heterocycles. The minimum atomic E-state index is 0.00195. The van der Waals surface area contributed by atoms with Crippen LogP contribution in [0.1, 0.15) is 89.9 Å². The fourth-order valence-corrected chi connectivity index (χ4v) is 6.40. The molecule has 6 atom stereocenters. The number of hydrazone groups is 2. The van der Waals surface area contributed by atoms with Crippen LogP contribution >= 0.6 is 0 Å². The van der Waals surface area contributed by atoms with Crippen molar-refractivity contribution in [2.24, 2.45) is 45.7 Å². The zero-order chi connectivity index (χ0) is 20.8. The third-order valence-electron chi connectivity index (χ3n) is 8.05. The average Bonchev–Trinajstić information content (AvgIpc) is 3.52. The maximum atomic E-state index is 11.9. The first-order valence-corrected chi connectivity index (χ1v) is 12.3. The van der Waals surface area contributed by atoms with Crippen molar-refractivity contribution < 1.29 is 9.59 Å². The molecule has 4 rings (SSSR count). The predicted molar refractivity (Wildman–Crippen MR) is 119 cm³/mol. The first-order valence-electron chi connectivity index (χ1n) is 12.3. The fourth-order valence-electron chi connectivity index (χ4n) is 6.40. The summed E-state index contributed by atoms with van der Waals surface area (Å²) in [6.07, 6.45) is 19.2. The minimum absolute atomic E-state index is 0.00195. The van der Waals surface area contributed by atoms with Crippen LogP contribution in [0.3, 0.4) is 0 Å². The van der Waals surface area contributed by atoms with Gasteiger partial charge < -0.3 is 0 Å². The van der Waals surface area contributed by atoms with Crippen molar-refractivity contribution >= 4 is 24.2 Å². The Bertz CT molecular complexity index is 606. The van der Waals surface area contributed by atoms with Crippen LogP contribution in [-0.2, 0) is 9.59 Å². The van der Waals surface area contributed by atoms with E-state index in [2.05, 4.69) is 21.1 Å². The molecule has 0 aromatic heterocycles. The standard InChI is InChI=1S/C24H38N4O2/c29-23(27-25-15-21-13-17-7-9-19(21)11-17)5-3-1-2-4-6-24(30)28-26-16-22-14-18-8-10-20(22)12-18/h15-22H,1-14H2,(H,27,29)(H,28,30)/b25-15-,26-16-. The summed E-state index contributed by atoms with van der Waals surface area (Å²) >= 11 is 0. The molecule has 6 unspecified atom stereocenters. The highest BCUT2D eigenvalue weighted by Crippen LogP contribution is 2.48. The van der Waals surface area contributed by atoms with E-state index in [0.717, 1.165) is 49.4 Å². The van der Waals surface area contributed by atoms with Crippen LogP contribution in [0.2, 0.25) is 0 Å². The zero-order valence-corrected chi connectivity index (χ0v) is 18.2. The highest BCUT2D eigenvalue weighted by molar-refractivity contribution is 5.77. The van der Waals surface area contributed by atoms with Gasteiger partial charge in [-0.1, -0.05) is 25.7 Å². The van der Waals surface area contributed by atoms with E-state index in [1.54, 1.807) is 0 Å². The molecule has 4 fully saturated rings. The largest absolute Gasteiger partial charge is 0.273 e. The number of rotatable bonds is 11. The Balaban J connectivity index is 0.974. The summed E-state index contributed by atoms with van der Waals surface area (Å²) in [7, 11) is 0. The van der Waals surface area contributed by atoms with Crippen molar-refractivity contribution in [1.29, 1.82) is 0 Å². The molecule has 4 aliphatic carbocycles. The van der Waals surface area contributed by atoms with Crippen molar-refractivity contribution in [2.75, 3.05) is 0 Å². The van der Waals surface area contributed by atoms with Crippen molar-refractivity contribution in [3.63, 3.8) is 0 Å². The molecule has 0 aliphatic heterocycles. The van der Waals surface area contributed by atoms with E-state index in [0.29, 0.717) is 24.7 Å². The molecule has 0 spiro atoms. The summed E-state index contributed by atoms with van der Waals surface area (Å²) in [6.45, 7) is 0. The molecular weight excluding hydrogens is 376 g/mol. The van der Waals surface area contributed by atoms with Gasteiger partial charge in [-0.05, 0) is 86.9 Å². The molecule has 2 N–H and O–H groups in total. The molecule has 0 aromatic rings. The molecule has 166 valence electrons. The summed E-state index contributed by atoms with van der Waals surface area (Å²) in [5, 5.41) is 8.38. The van der Waals surface area contributed by atoms with Crippen LogP contribution in [0.4, 0.5) is 0 Å². The number of nitrogens with one attached hydrogen (secondary N) is 2. The third kappa shape index (κ3) is 5.92. The molecule has 6 heteroatoms. The smallest absolute Gasteiger partial charge is 0.240 e. The Morgan fingerprint density at radius 3 is 1.50 bits per heavy atom. The number of hydrogen-bond acceptors (Lipinski definition) is 4. The number of carbonyl (C=O) groups excluding carboxylic acids is 2. The lowest BCUT2D eigenvalue weighted by molar-refractivity contribution is -0.122. The molecule has 0 aromatic carbocycles. The Hall–Kier alpha value is -1.72. The van der Waals surface area contributed by atoms with E-state index in [9.17, 15) is 9.59 Å². The van der Waals surface area contributed by atoms with Crippen LogP contribution in [0.15, 0.2) is 10.2 Å². The van der Waals surface area contributed by atoms with Gasteiger partial charge in [-0.25, -0.2) is 10.9 Å². The molecule has 30 heavy (non-hydrogen) atoms. The van der Waals surface area contributed by atoms with Gasteiger partial charge in [-0.15, -0.1) is 0 Å². The van der Waals surface area contributed by atoms with Crippen molar-refractivity contribution in [2.45, 2.75) is 89.9 Å². The van der Waals surface area contributed by atoms with E-state index in [1.807, 2.05) is 12.4 Å². The Morgan fingerprint density at radius 2 is 1.13 bits per heavy atom. The number of unbranched alkanes of at least 4 members (excludes halogenated alkanes) is 3. The van der Waals surface area contributed by atoms with Crippen LogP contribution in [0.5, 0.6) is 0 Å². The highest BCUT2D eigenvalue weighted by Gasteiger charge is 2.39. The van der Waals surface area contributed by atoms with E-state index in [-0.39, 0.29) is 11.8 Å². The summed E-state index contributed by atoms with van der Waals surface area (Å²) < 4.78 is 0. The van der Waals surface area contributed by atoms with Gasteiger partial charge in [0.05, 0.1) is 0 Å². The molecule has 4 aliphatic rings.